The van der Waals surface area contributed by atoms with Crippen LogP contribution in [-0.2, 0) is 4.79 Å². The highest BCUT2D eigenvalue weighted by Crippen LogP contribution is 2.07. The lowest BCUT2D eigenvalue weighted by Gasteiger charge is -2.06. The van der Waals surface area contributed by atoms with Crippen LogP contribution in [0.15, 0.2) is 24.3 Å². The van der Waals surface area contributed by atoms with Gasteiger partial charge in [-0.3, -0.25) is 9.59 Å². The smallest absolute Gasteiger partial charge is 0.251 e. The van der Waals surface area contributed by atoms with Crippen molar-refractivity contribution in [3.63, 3.8) is 0 Å². The summed E-state index contributed by atoms with van der Waals surface area (Å²) < 4.78 is 1.00. The molecule has 0 aromatic heterocycles. The number of halogens is 1. The molecule has 16 heavy (non-hydrogen) atoms. The van der Waals surface area contributed by atoms with Gasteiger partial charge in [0.05, 0.1) is 6.54 Å². The summed E-state index contributed by atoms with van der Waals surface area (Å²) in [6.45, 7) is 3.74. The zero-order valence-corrected chi connectivity index (χ0v) is 11.4. The van der Waals surface area contributed by atoms with Crippen LogP contribution in [0, 0.1) is 9.49 Å². The molecular weight excluding hydrogens is 317 g/mol. The van der Waals surface area contributed by atoms with Crippen molar-refractivity contribution < 1.29 is 9.59 Å². The quantitative estimate of drug-likeness (QED) is 0.860. The topological polar surface area (TPSA) is 46.2 Å². The SMILES string of the molecule is CC(C)C(=O)CNC(=O)c1cccc(I)c1. The Hall–Kier alpha value is -0.910. The third-order valence-corrected chi connectivity index (χ3v) is 2.82. The Bertz CT molecular complexity index is 402. The number of hydrogen-bond acceptors (Lipinski definition) is 2. The summed E-state index contributed by atoms with van der Waals surface area (Å²) in [5.41, 5.74) is 0.587. The molecule has 0 bridgehead atoms. The first-order chi connectivity index (χ1) is 7.50. The number of Topliss-reactive ketones (excluding diaryl/α,β-unsaturated/α-hetero) is 1. The van der Waals surface area contributed by atoms with Gasteiger partial charge in [0.2, 0.25) is 0 Å². The molecule has 0 spiro atoms. The first-order valence-corrected chi connectivity index (χ1v) is 6.15. The number of rotatable bonds is 4. The van der Waals surface area contributed by atoms with E-state index >= 15 is 0 Å². The molecule has 0 aliphatic rings. The lowest BCUT2D eigenvalue weighted by atomic mass is 10.1. The molecule has 0 unspecified atom stereocenters. The molecule has 0 saturated heterocycles. The van der Waals surface area contributed by atoms with Gasteiger partial charge in [-0.05, 0) is 40.8 Å². The van der Waals surface area contributed by atoms with Crippen molar-refractivity contribution in [3.05, 3.63) is 33.4 Å². The summed E-state index contributed by atoms with van der Waals surface area (Å²) in [5.74, 6) is -0.206. The molecule has 1 aromatic carbocycles. The van der Waals surface area contributed by atoms with Gasteiger partial charge >= 0.3 is 0 Å². The van der Waals surface area contributed by atoms with Gasteiger partial charge in [0.15, 0.2) is 5.78 Å². The van der Waals surface area contributed by atoms with E-state index < -0.39 is 0 Å². The van der Waals surface area contributed by atoms with Crippen molar-refractivity contribution in [1.29, 1.82) is 0 Å². The summed E-state index contributed by atoms with van der Waals surface area (Å²) in [5, 5.41) is 2.62. The molecule has 1 N–H and O–H groups in total. The number of hydrogen-bond donors (Lipinski definition) is 1. The molecule has 4 heteroatoms. The van der Waals surface area contributed by atoms with Crippen LogP contribution in [0.25, 0.3) is 0 Å². The molecule has 0 heterocycles. The van der Waals surface area contributed by atoms with E-state index in [0.717, 1.165) is 3.57 Å². The Kier molecular flexibility index (Phi) is 4.92. The highest BCUT2D eigenvalue weighted by atomic mass is 127. The van der Waals surface area contributed by atoms with E-state index in [0.29, 0.717) is 5.56 Å². The normalized spacial score (nSPS) is 10.2. The van der Waals surface area contributed by atoms with Crippen LogP contribution in [-0.4, -0.2) is 18.2 Å². The summed E-state index contributed by atoms with van der Waals surface area (Å²) in [6, 6.07) is 7.25. The van der Waals surface area contributed by atoms with Crippen molar-refractivity contribution in [2.24, 2.45) is 5.92 Å². The monoisotopic (exact) mass is 331 g/mol. The van der Waals surface area contributed by atoms with E-state index in [1.165, 1.54) is 0 Å². The van der Waals surface area contributed by atoms with Crippen molar-refractivity contribution in [3.8, 4) is 0 Å². The van der Waals surface area contributed by atoms with Crippen LogP contribution in [0.4, 0.5) is 0 Å². The number of ketones is 1. The van der Waals surface area contributed by atoms with E-state index in [-0.39, 0.29) is 24.2 Å². The van der Waals surface area contributed by atoms with Crippen LogP contribution in [0.3, 0.4) is 0 Å². The van der Waals surface area contributed by atoms with Gasteiger partial charge in [-0.25, -0.2) is 0 Å². The van der Waals surface area contributed by atoms with Crippen LogP contribution < -0.4 is 5.32 Å². The maximum absolute atomic E-state index is 11.7. The van der Waals surface area contributed by atoms with E-state index in [1.54, 1.807) is 12.1 Å². The Morgan fingerprint density at radius 1 is 1.38 bits per heavy atom. The zero-order valence-electron chi connectivity index (χ0n) is 9.29. The van der Waals surface area contributed by atoms with Crippen LogP contribution >= 0.6 is 22.6 Å². The lowest BCUT2D eigenvalue weighted by molar-refractivity contribution is -0.120. The van der Waals surface area contributed by atoms with E-state index in [1.807, 2.05) is 26.0 Å². The van der Waals surface area contributed by atoms with Crippen LogP contribution in [0.1, 0.15) is 24.2 Å². The summed E-state index contributed by atoms with van der Waals surface area (Å²) in [6.07, 6.45) is 0. The van der Waals surface area contributed by atoms with E-state index in [9.17, 15) is 9.59 Å². The fourth-order valence-electron chi connectivity index (χ4n) is 1.10. The second-order valence-corrected chi connectivity index (χ2v) is 5.06. The van der Waals surface area contributed by atoms with Crippen LogP contribution in [0.5, 0.6) is 0 Å². The number of carbonyl (C=O) groups excluding carboxylic acids is 2. The molecule has 0 atom stereocenters. The predicted octanol–water partition coefficient (Wildman–Crippen LogP) is 2.25. The number of amides is 1. The molecule has 0 aliphatic carbocycles. The van der Waals surface area contributed by atoms with Gasteiger partial charge in [-0.15, -0.1) is 0 Å². The minimum atomic E-state index is -0.201. The lowest BCUT2D eigenvalue weighted by Crippen LogP contribution is -2.31. The second-order valence-electron chi connectivity index (χ2n) is 3.81. The average molecular weight is 331 g/mol. The standard InChI is InChI=1S/C12H14INO2/c1-8(2)11(15)7-14-12(16)9-4-3-5-10(13)6-9/h3-6,8H,7H2,1-2H3,(H,14,16). The molecule has 0 fully saturated rings. The van der Waals surface area contributed by atoms with Crippen molar-refractivity contribution in [2.75, 3.05) is 6.54 Å². The zero-order chi connectivity index (χ0) is 12.1. The predicted molar refractivity (Wildman–Crippen MR) is 71.3 cm³/mol. The largest absolute Gasteiger partial charge is 0.345 e. The highest BCUT2D eigenvalue weighted by molar-refractivity contribution is 14.1. The number of benzene rings is 1. The van der Waals surface area contributed by atoms with E-state index in [4.69, 9.17) is 0 Å². The number of nitrogens with one attached hydrogen (secondary N) is 1. The number of carbonyl (C=O) groups is 2. The third-order valence-electron chi connectivity index (χ3n) is 2.15. The Labute approximate surface area is 109 Å². The minimum absolute atomic E-state index is 0.0407. The minimum Gasteiger partial charge on any atom is -0.345 e. The first-order valence-electron chi connectivity index (χ1n) is 5.07. The Balaban J connectivity index is 2.57. The Morgan fingerprint density at radius 2 is 2.06 bits per heavy atom. The molecular formula is C12H14INO2. The molecule has 1 amide bonds. The summed E-state index contributed by atoms with van der Waals surface area (Å²) in [4.78, 5) is 23.0. The van der Waals surface area contributed by atoms with Crippen LogP contribution in [0.2, 0.25) is 0 Å². The van der Waals surface area contributed by atoms with Crippen molar-refractivity contribution in [2.45, 2.75) is 13.8 Å². The summed E-state index contributed by atoms with van der Waals surface area (Å²) in [7, 11) is 0. The van der Waals surface area contributed by atoms with Gasteiger partial charge < -0.3 is 5.32 Å². The maximum Gasteiger partial charge on any atom is 0.251 e. The van der Waals surface area contributed by atoms with Gasteiger partial charge in [0.1, 0.15) is 0 Å². The first kappa shape index (κ1) is 13.2. The van der Waals surface area contributed by atoms with Gasteiger partial charge in [0.25, 0.3) is 5.91 Å². The molecule has 3 nitrogen and oxygen atoms in total. The fraction of sp³-hybridized carbons (Fsp3) is 0.333. The van der Waals surface area contributed by atoms with Crippen molar-refractivity contribution >= 4 is 34.3 Å². The van der Waals surface area contributed by atoms with Gasteiger partial charge in [-0.2, -0.15) is 0 Å². The summed E-state index contributed by atoms with van der Waals surface area (Å²) >= 11 is 2.14. The van der Waals surface area contributed by atoms with Crippen molar-refractivity contribution in [1.82, 2.24) is 5.32 Å². The molecule has 0 radical (unpaired) electrons. The van der Waals surface area contributed by atoms with E-state index in [2.05, 4.69) is 27.9 Å². The molecule has 86 valence electrons. The maximum atomic E-state index is 11.7. The fourth-order valence-corrected chi connectivity index (χ4v) is 1.65. The van der Waals surface area contributed by atoms with Gasteiger partial charge in [-0.1, -0.05) is 19.9 Å². The highest BCUT2D eigenvalue weighted by Gasteiger charge is 2.10. The molecule has 1 rings (SSSR count). The Morgan fingerprint density at radius 3 is 2.62 bits per heavy atom. The molecule has 0 aliphatic heterocycles. The molecule has 1 aromatic rings. The third kappa shape index (κ3) is 3.92. The average Bonchev–Trinajstić information content (AvgIpc) is 2.25. The second kappa shape index (κ2) is 5.98. The van der Waals surface area contributed by atoms with Gasteiger partial charge in [0, 0.05) is 15.1 Å². The molecule has 0 saturated carbocycles.